The average Bonchev–Trinajstić information content (AvgIpc) is 2.90. The Morgan fingerprint density at radius 3 is 2.30 bits per heavy atom. The molecular weight excluding hydrogens is 342 g/mol. The molecule has 0 atom stereocenters. The number of rotatable bonds is 0. The van der Waals surface area contributed by atoms with Crippen LogP contribution < -0.4 is 17.4 Å². The standard InChI is InChI=1S/C7H3ClFN.C7H6ClN3.H4N2/c8-6-2-1-5(4-10)7(9)3-6;8-4-1-2-5-6(3-4)10-11-7(5)9;1-2/h1-3H;1-3H,(H3,9,10,11);1-2H2. The zero-order valence-corrected chi connectivity index (χ0v) is 13.2. The molecule has 6 nitrogen and oxygen atoms in total. The molecule has 0 aliphatic carbocycles. The number of fused-ring (bicyclic) bond motifs is 1. The average molecular weight is 355 g/mol. The monoisotopic (exact) mass is 354 g/mol. The van der Waals surface area contributed by atoms with Gasteiger partial charge in [0, 0.05) is 15.4 Å². The summed E-state index contributed by atoms with van der Waals surface area (Å²) >= 11 is 11.2. The summed E-state index contributed by atoms with van der Waals surface area (Å²) in [7, 11) is 0. The van der Waals surface area contributed by atoms with Crippen LogP contribution in [0.4, 0.5) is 10.2 Å². The maximum atomic E-state index is 12.5. The van der Waals surface area contributed by atoms with Crippen LogP contribution in [0.3, 0.4) is 0 Å². The summed E-state index contributed by atoms with van der Waals surface area (Å²) in [6.45, 7) is 0. The van der Waals surface area contributed by atoms with E-state index in [-0.39, 0.29) is 5.56 Å². The summed E-state index contributed by atoms with van der Waals surface area (Å²) in [5.41, 5.74) is 6.43. The minimum atomic E-state index is -0.574. The van der Waals surface area contributed by atoms with Gasteiger partial charge in [-0.2, -0.15) is 10.4 Å². The lowest BCUT2D eigenvalue weighted by Gasteiger charge is -1.91. The third kappa shape index (κ3) is 5.09. The molecule has 0 spiro atoms. The van der Waals surface area contributed by atoms with Gasteiger partial charge in [-0.05, 0) is 36.4 Å². The first-order chi connectivity index (χ1) is 11.0. The molecule has 0 amide bonds. The van der Waals surface area contributed by atoms with Gasteiger partial charge in [0.15, 0.2) is 5.82 Å². The van der Waals surface area contributed by atoms with Crippen LogP contribution in [0.1, 0.15) is 5.56 Å². The SMILES string of the molecule is N#Cc1ccc(Cl)cc1F.NN.Nc1n[nH]c2cc(Cl)ccc12. The van der Waals surface area contributed by atoms with Crippen molar-refractivity contribution in [2.45, 2.75) is 0 Å². The van der Waals surface area contributed by atoms with E-state index in [4.69, 9.17) is 34.2 Å². The van der Waals surface area contributed by atoms with Crippen LogP contribution in [0.25, 0.3) is 10.9 Å². The number of H-pyrrole nitrogens is 1. The number of benzene rings is 2. The first kappa shape index (κ1) is 18.7. The molecule has 7 N–H and O–H groups in total. The van der Waals surface area contributed by atoms with Crippen LogP contribution in [0.2, 0.25) is 10.0 Å². The lowest BCUT2D eigenvalue weighted by Crippen LogP contribution is -2.02. The van der Waals surface area contributed by atoms with E-state index in [1.165, 1.54) is 12.1 Å². The highest BCUT2D eigenvalue weighted by atomic mass is 35.5. The fourth-order valence-electron chi connectivity index (χ4n) is 1.59. The van der Waals surface area contributed by atoms with E-state index in [0.29, 0.717) is 15.9 Å². The van der Waals surface area contributed by atoms with Gasteiger partial charge in [-0.15, -0.1) is 0 Å². The van der Waals surface area contributed by atoms with Crippen LogP contribution in [-0.4, -0.2) is 10.2 Å². The van der Waals surface area contributed by atoms with Gasteiger partial charge in [-0.25, -0.2) is 4.39 Å². The van der Waals surface area contributed by atoms with E-state index in [0.717, 1.165) is 17.0 Å². The molecule has 0 aliphatic rings. The lowest BCUT2D eigenvalue weighted by atomic mass is 10.2. The number of nitrogens with one attached hydrogen (secondary N) is 1. The van der Waals surface area contributed by atoms with Gasteiger partial charge >= 0.3 is 0 Å². The number of aromatic nitrogens is 2. The Kier molecular flexibility index (Phi) is 7.25. The smallest absolute Gasteiger partial charge is 0.153 e. The number of nitrogens with zero attached hydrogens (tertiary/aromatic N) is 2. The van der Waals surface area contributed by atoms with Gasteiger partial charge in [0.1, 0.15) is 11.9 Å². The first-order valence-electron chi connectivity index (χ1n) is 6.09. The third-order valence-corrected chi connectivity index (χ3v) is 3.08. The summed E-state index contributed by atoms with van der Waals surface area (Å²) in [6.07, 6.45) is 0. The van der Waals surface area contributed by atoms with Gasteiger partial charge < -0.3 is 5.73 Å². The second kappa shape index (κ2) is 8.92. The highest BCUT2D eigenvalue weighted by Crippen LogP contribution is 2.20. The fraction of sp³-hybridized carbons (Fsp3) is 0. The molecule has 9 heteroatoms. The van der Waals surface area contributed by atoms with Crippen LogP contribution >= 0.6 is 23.2 Å². The number of halogens is 3. The summed E-state index contributed by atoms with van der Waals surface area (Å²) < 4.78 is 12.5. The summed E-state index contributed by atoms with van der Waals surface area (Å²) in [5.74, 6) is 7.94. The summed E-state index contributed by atoms with van der Waals surface area (Å²) in [4.78, 5) is 0. The summed E-state index contributed by atoms with van der Waals surface area (Å²) in [5, 5.41) is 16.8. The second-order valence-electron chi connectivity index (χ2n) is 4.03. The molecule has 23 heavy (non-hydrogen) atoms. The zero-order chi connectivity index (χ0) is 17.4. The Labute approximate surface area is 141 Å². The molecule has 1 heterocycles. The van der Waals surface area contributed by atoms with Crippen molar-refractivity contribution in [3.63, 3.8) is 0 Å². The highest BCUT2D eigenvalue weighted by Gasteiger charge is 2.00. The van der Waals surface area contributed by atoms with Crippen molar-refractivity contribution in [3.8, 4) is 6.07 Å². The van der Waals surface area contributed by atoms with Crippen molar-refractivity contribution in [1.82, 2.24) is 10.2 Å². The second-order valence-corrected chi connectivity index (χ2v) is 4.91. The fourth-order valence-corrected chi connectivity index (χ4v) is 1.92. The van der Waals surface area contributed by atoms with Gasteiger partial charge in [0.25, 0.3) is 0 Å². The molecule has 0 aliphatic heterocycles. The normalized spacial score (nSPS) is 9.22. The van der Waals surface area contributed by atoms with Crippen molar-refractivity contribution in [3.05, 3.63) is 57.8 Å². The van der Waals surface area contributed by atoms with Crippen molar-refractivity contribution in [2.24, 2.45) is 11.7 Å². The predicted molar refractivity (Wildman–Crippen MR) is 90.0 cm³/mol. The van der Waals surface area contributed by atoms with Crippen molar-refractivity contribution in [2.75, 3.05) is 5.73 Å². The molecule has 3 aromatic rings. The number of hydrazine groups is 1. The first-order valence-corrected chi connectivity index (χ1v) is 6.84. The molecule has 0 saturated heterocycles. The van der Waals surface area contributed by atoms with Crippen LogP contribution in [0, 0.1) is 17.1 Å². The molecule has 0 radical (unpaired) electrons. The summed E-state index contributed by atoms with van der Waals surface area (Å²) in [6, 6.07) is 11.0. The van der Waals surface area contributed by atoms with Gasteiger partial charge in [0.2, 0.25) is 0 Å². The Balaban J connectivity index is 0.000000209. The predicted octanol–water partition coefficient (Wildman–Crippen LogP) is 2.97. The Morgan fingerprint density at radius 2 is 1.70 bits per heavy atom. The number of nitrogens with two attached hydrogens (primary N) is 3. The van der Waals surface area contributed by atoms with E-state index in [1.807, 2.05) is 6.07 Å². The molecule has 0 bridgehead atoms. The maximum absolute atomic E-state index is 12.5. The zero-order valence-electron chi connectivity index (χ0n) is 11.7. The highest BCUT2D eigenvalue weighted by molar-refractivity contribution is 6.31. The number of aromatic amines is 1. The number of anilines is 1. The number of hydrogen-bond acceptors (Lipinski definition) is 5. The molecule has 0 saturated carbocycles. The van der Waals surface area contributed by atoms with Gasteiger partial charge in [-0.3, -0.25) is 16.8 Å². The quantitative estimate of drug-likeness (QED) is 0.364. The van der Waals surface area contributed by atoms with E-state index < -0.39 is 5.82 Å². The third-order valence-electron chi connectivity index (χ3n) is 2.61. The molecular formula is C14H13Cl2FN6. The molecule has 0 unspecified atom stereocenters. The lowest BCUT2D eigenvalue weighted by molar-refractivity contribution is 0.624. The van der Waals surface area contributed by atoms with E-state index in [9.17, 15) is 4.39 Å². The molecule has 3 rings (SSSR count). The topological polar surface area (TPSA) is 131 Å². The molecule has 0 fully saturated rings. The largest absolute Gasteiger partial charge is 0.382 e. The van der Waals surface area contributed by atoms with Gasteiger partial charge in [0.05, 0.1) is 11.1 Å². The van der Waals surface area contributed by atoms with Crippen LogP contribution in [0.5, 0.6) is 0 Å². The van der Waals surface area contributed by atoms with E-state index in [2.05, 4.69) is 21.9 Å². The number of nitrogen functional groups attached to an aromatic ring is 1. The molecule has 2 aromatic carbocycles. The minimum absolute atomic E-state index is 0.0180. The minimum Gasteiger partial charge on any atom is -0.382 e. The molecule has 1 aromatic heterocycles. The van der Waals surface area contributed by atoms with Gasteiger partial charge in [-0.1, -0.05) is 23.2 Å². The number of hydrogen-bond donors (Lipinski definition) is 4. The van der Waals surface area contributed by atoms with Crippen molar-refractivity contribution in [1.29, 1.82) is 5.26 Å². The maximum Gasteiger partial charge on any atom is 0.153 e. The Hall–Kier alpha value is -2.37. The van der Waals surface area contributed by atoms with E-state index in [1.54, 1.807) is 18.2 Å². The van der Waals surface area contributed by atoms with Crippen LogP contribution in [-0.2, 0) is 0 Å². The molecule has 120 valence electrons. The van der Waals surface area contributed by atoms with Crippen molar-refractivity contribution >= 4 is 39.9 Å². The van der Waals surface area contributed by atoms with E-state index >= 15 is 0 Å². The Morgan fingerprint density at radius 1 is 1.09 bits per heavy atom. The van der Waals surface area contributed by atoms with Crippen LogP contribution in [0.15, 0.2) is 36.4 Å². The number of nitriles is 1. The van der Waals surface area contributed by atoms with Crippen molar-refractivity contribution < 1.29 is 4.39 Å². The Bertz CT molecular complexity index is 828.